The van der Waals surface area contributed by atoms with Gasteiger partial charge in [-0.05, 0) is 13.0 Å². The van der Waals surface area contributed by atoms with Crippen molar-refractivity contribution in [3.63, 3.8) is 0 Å². The monoisotopic (exact) mass is 310 g/mol. The number of carbonyl (C=O) groups excluding carboxylic acids is 1. The van der Waals surface area contributed by atoms with Crippen molar-refractivity contribution >= 4 is 30.7 Å². The van der Waals surface area contributed by atoms with Crippen LogP contribution in [0.3, 0.4) is 0 Å². The van der Waals surface area contributed by atoms with Crippen LogP contribution in [0.1, 0.15) is 17.0 Å². The number of rotatable bonds is 3. The Hall–Kier alpha value is -0.820. The number of aromatic nitrogens is 2. The first-order valence-electron chi connectivity index (χ1n) is 5.74. The number of carbonyl (C=O) groups is 1. The van der Waals surface area contributed by atoms with Gasteiger partial charge in [0, 0.05) is 33.1 Å². The minimum Gasteiger partial charge on any atom is -0.379 e. The Kier molecular flexibility index (Phi) is 8.01. The van der Waals surface area contributed by atoms with Crippen LogP contribution in [0.5, 0.6) is 0 Å². The summed E-state index contributed by atoms with van der Waals surface area (Å²) in [5.41, 5.74) is 0. The van der Waals surface area contributed by atoms with Crippen molar-refractivity contribution in [2.24, 2.45) is 7.05 Å². The van der Waals surface area contributed by atoms with Crippen LogP contribution in [0.2, 0.25) is 0 Å². The average molecular weight is 311 g/mol. The summed E-state index contributed by atoms with van der Waals surface area (Å²) in [6, 6.07) is -0.00190. The van der Waals surface area contributed by atoms with Gasteiger partial charge in [-0.15, -0.1) is 24.8 Å². The van der Waals surface area contributed by atoms with Gasteiger partial charge in [-0.2, -0.15) is 0 Å². The Balaban J connectivity index is 0.00000162. The number of piperidine rings is 1. The zero-order valence-electron chi connectivity index (χ0n) is 11.0. The number of hydrogen-bond acceptors (Lipinski definition) is 4. The van der Waals surface area contributed by atoms with E-state index in [0.717, 1.165) is 19.5 Å². The van der Waals surface area contributed by atoms with Crippen molar-refractivity contribution in [3.05, 3.63) is 18.2 Å². The summed E-state index contributed by atoms with van der Waals surface area (Å²) in [5.74, 6) is 0.263. The zero-order valence-corrected chi connectivity index (χ0v) is 12.6. The number of nitrogens with zero attached hydrogens (tertiary/aromatic N) is 2. The lowest BCUT2D eigenvalue weighted by Crippen LogP contribution is -2.54. The molecule has 1 fully saturated rings. The predicted molar refractivity (Wildman–Crippen MR) is 77.2 cm³/mol. The Morgan fingerprint density at radius 1 is 1.58 bits per heavy atom. The van der Waals surface area contributed by atoms with E-state index in [1.165, 1.54) is 0 Å². The molecule has 110 valence electrons. The minimum absolute atomic E-state index is 0. The van der Waals surface area contributed by atoms with Gasteiger partial charge in [0.25, 0.3) is 5.91 Å². The van der Waals surface area contributed by atoms with Crippen LogP contribution in [-0.2, 0) is 11.8 Å². The van der Waals surface area contributed by atoms with Crippen molar-refractivity contribution < 1.29 is 9.53 Å². The Labute approximate surface area is 125 Å². The summed E-state index contributed by atoms with van der Waals surface area (Å²) in [4.78, 5) is 16.0. The zero-order chi connectivity index (χ0) is 12.3. The predicted octanol–water partition coefficient (Wildman–Crippen LogP) is 0.370. The number of methoxy groups -OCH3 is 1. The first kappa shape index (κ1) is 18.2. The number of nitrogens with one attached hydrogen (secondary N) is 2. The third-order valence-electron chi connectivity index (χ3n) is 3.06. The molecule has 0 saturated carbocycles. The van der Waals surface area contributed by atoms with Gasteiger partial charge in [0.05, 0.1) is 12.1 Å². The van der Waals surface area contributed by atoms with E-state index in [9.17, 15) is 4.79 Å². The third-order valence-corrected chi connectivity index (χ3v) is 3.06. The number of hydrogen-bond donors (Lipinski definition) is 2. The summed E-state index contributed by atoms with van der Waals surface area (Å²) >= 11 is 0. The van der Waals surface area contributed by atoms with Crippen LogP contribution >= 0.6 is 24.8 Å². The van der Waals surface area contributed by atoms with Crippen molar-refractivity contribution in [1.29, 1.82) is 0 Å². The Morgan fingerprint density at radius 2 is 2.32 bits per heavy atom. The lowest BCUT2D eigenvalue weighted by molar-refractivity contribution is 0.0444. The molecule has 6 nitrogen and oxygen atoms in total. The number of halogens is 2. The highest BCUT2D eigenvalue weighted by Gasteiger charge is 2.27. The molecule has 2 heterocycles. The van der Waals surface area contributed by atoms with Gasteiger partial charge in [0.1, 0.15) is 0 Å². The molecule has 2 atom stereocenters. The normalized spacial score (nSPS) is 22.0. The van der Waals surface area contributed by atoms with Crippen LogP contribution in [0.4, 0.5) is 0 Å². The largest absolute Gasteiger partial charge is 0.379 e. The van der Waals surface area contributed by atoms with Crippen LogP contribution in [0.15, 0.2) is 12.4 Å². The van der Waals surface area contributed by atoms with Crippen molar-refractivity contribution in [1.82, 2.24) is 20.2 Å². The van der Waals surface area contributed by atoms with E-state index in [1.54, 1.807) is 31.1 Å². The average Bonchev–Trinajstić information content (AvgIpc) is 2.76. The smallest absolute Gasteiger partial charge is 0.287 e. The summed E-state index contributed by atoms with van der Waals surface area (Å²) < 4.78 is 7.07. The van der Waals surface area contributed by atoms with Crippen LogP contribution in [-0.4, -0.2) is 47.8 Å². The highest BCUT2D eigenvalue weighted by molar-refractivity contribution is 5.91. The fraction of sp³-hybridized carbons (Fsp3) is 0.636. The maximum atomic E-state index is 12.0. The van der Waals surface area contributed by atoms with Crippen LogP contribution in [0.25, 0.3) is 0 Å². The minimum atomic E-state index is -0.159. The number of amides is 1. The van der Waals surface area contributed by atoms with Crippen LogP contribution < -0.4 is 10.6 Å². The summed E-state index contributed by atoms with van der Waals surface area (Å²) in [6.07, 6.45) is 4.34. The first-order valence-corrected chi connectivity index (χ1v) is 5.74. The molecule has 0 unspecified atom stereocenters. The lowest BCUT2D eigenvalue weighted by atomic mass is 10.0. The molecule has 2 rings (SSSR count). The highest BCUT2D eigenvalue weighted by atomic mass is 35.5. The molecule has 0 aliphatic carbocycles. The van der Waals surface area contributed by atoms with Crippen molar-refractivity contribution in [2.45, 2.75) is 18.6 Å². The third kappa shape index (κ3) is 4.35. The molecule has 0 radical (unpaired) electrons. The molecule has 1 saturated heterocycles. The van der Waals surface area contributed by atoms with E-state index in [4.69, 9.17) is 4.74 Å². The van der Waals surface area contributed by atoms with Crippen molar-refractivity contribution in [3.8, 4) is 0 Å². The summed E-state index contributed by atoms with van der Waals surface area (Å²) in [5, 5.41) is 6.20. The topological polar surface area (TPSA) is 68.2 Å². The fourth-order valence-corrected chi connectivity index (χ4v) is 2.08. The molecular weight excluding hydrogens is 291 g/mol. The molecule has 1 aromatic heterocycles. The van der Waals surface area contributed by atoms with E-state index in [0.29, 0.717) is 5.82 Å². The van der Waals surface area contributed by atoms with Gasteiger partial charge in [-0.1, -0.05) is 0 Å². The molecule has 0 spiro atoms. The second-order valence-corrected chi connectivity index (χ2v) is 4.21. The number of ether oxygens (including phenoxy) is 1. The molecule has 1 aromatic rings. The number of imidazole rings is 1. The molecule has 1 aliphatic rings. The molecule has 1 aliphatic heterocycles. The van der Waals surface area contributed by atoms with Gasteiger partial charge in [-0.3, -0.25) is 4.79 Å². The Bertz CT molecular complexity index is 400. The molecule has 0 bridgehead atoms. The van der Waals surface area contributed by atoms with E-state index in [2.05, 4.69) is 15.6 Å². The number of aryl methyl sites for hydroxylation is 1. The van der Waals surface area contributed by atoms with Crippen molar-refractivity contribution in [2.75, 3.05) is 20.2 Å². The molecule has 0 aromatic carbocycles. The van der Waals surface area contributed by atoms with E-state index in [-0.39, 0.29) is 42.9 Å². The van der Waals surface area contributed by atoms with Gasteiger partial charge in [0.2, 0.25) is 0 Å². The summed E-state index contributed by atoms with van der Waals surface area (Å²) in [6.45, 7) is 1.65. The molecule has 1 amide bonds. The summed E-state index contributed by atoms with van der Waals surface area (Å²) in [7, 11) is 3.48. The van der Waals surface area contributed by atoms with E-state index < -0.39 is 0 Å². The lowest BCUT2D eigenvalue weighted by Gasteiger charge is -2.31. The van der Waals surface area contributed by atoms with Gasteiger partial charge >= 0.3 is 0 Å². The molecule has 19 heavy (non-hydrogen) atoms. The molecule has 2 N–H and O–H groups in total. The van der Waals surface area contributed by atoms with E-state index in [1.807, 2.05) is 0 Å². The van der Waals surface area contributed by atoms with Gasteiger partial charge in [0.15, 0.2) is 5.82 Å². The maximum absolute atomic E-state index is 12.0. The SMILES string of the molecule is CO[C@@H]1CCNC[C@@H]1NC(=O)c1nccn1C.Cl.Cl. The maximum Gasteiger partial charge on any atom is 0.287 e. The molecular formula is C11H20Cl2N4O2. The van der Waals surface area contributed by atoms with Gasteiger partial charge < -0.3 is 19.9 Å². The first-order chi connectivity index (χ1) is 8.22. The van der Waals surface area contributed by atoms with Crippen LogP contribution in [0, 0.1) is 0 Å². The second-order valence-electron chi connectivity index (χ2n) is 4.21. The molecule has 8 heteroatoms. The standard InChI is InChI=1S/C11H18N4O2.2ClH/c1-15-6-5-13-10(15)11(16)14-8-7-12-4-3-9(8)17-2;;/h5-6,8-9,12H,3-4,7H2,1-2H3,(H,14,16);2*1H/t8-,9+;;/m0../s1. The second kappa shape index (κ2) is 8.37. The van der Waals surface area contributed by atoms with E-state index >= 15 is 0 Å². The fourth-order valence-electron chi connectivity index (χ4n) is 2.08. The highest BCUT2D eigenvalue weighted by Crippen LogP contribution is 2.08. The quantitative estimate of drug-likeness (QED) is 0.846. The van der Waals surface area contributed by atoms with Gasteiger partial charge in [-0.25, -0.2) is 4.98 Å². The Morgan fingerprint density at radius 3 is 2.89 bits per heavy atom.